The number of halogens is 5. The average Bonchev–Trinajstić information content (AvgIpc) is 2.30. The summed E-state index contributed by atoms with van der Waals surface area (Å²) < 4.78 is 69.1. The number of nitrogens with one attached hydrogen (secondary N) is 1. The van der Waals surface area contributed by atoms with Crippen LogP contribution in [0.3, 0.4) is 0 Å². The summed E-state index contributed by atoms with van der Waals surface area (Å²) in [6, 6.07) is 0.245. The maximum atomic E-state index is 12.5. The van der Waals surface area contributed by atoms with Gasteiger partial charge in [0.1, 0.15) is 5.75 Å². The van der Waals surface area contributed by atoms with Crippen molar-refractivity contribution in [1.29, 1.82) is 0 Å². The van der Waals surface area contributed by atoms with Gasteiger partial charge in [-0.2, -0.15) is 0 Å². The van der Waals surface area contributed by atoms with E-state index in [9.17, 15) is 31.5 Å². The fourth-order valence-electron chi connectivity index (χ4n) is 1.29. The van der Waals surface area contributed by atoms with Gasteiger partial charge in [0.25, 0.3) is 12.0 Å². The number of aromatic amines is 1. The first-order chi connectivity index (χ1) is 9.14. The zero-order chi connectivity index (χ0) is 15.5. The fraction of sp³-hybridized carbons (Fsp3) is 0.400. The zero-order valence-corrected chi connectivity index (χ0v) is 9.88. The van der Waals surface area contributed by atoms with Crippen molar-refractivity contribution in [2.24, 2.45) is 0 Å². The molecule has 0 fully saturated rings. The van der Waals surface area contributed by atoms with Gasteiger partial charge in [0.2, 0.25) is 0 Å². The number of carbonyl (C=O) groups is 1. The lowest BCUT2D eigenvalue weighted by Gasteiger charge is -2.13. The van der Waals surface area contributed by atoms with Crippen LogP contribution in [-0.4, -0.2) is 24.4 Å². The standard InChI is InChI=1S/C10H8F5NO4/c1-19-7(17)3-5-6(20-10(13,14)15)2-4(8(11)12)9(18)16-5/h2,8H,3H2,1H3,(H,16,18). The molecule has 0 saturated carbocycles. The molecule has 0 aromatic carbocycles. The molecule has 1 heterocycles. The van der Waals surface area contributed by atoms with Crippen molar-refractivity contribution in [1.82, 2.24) is 4.98 Å². The van der Waals surface area contributed by atoms with E-state index >= 15 is 0 Å². The Morgan fingerprint density at radius 2 is 2.00 bits per heavy atom. The number of ether oxygens (including phenoxy) is 2. The van der Waals surface area contributed by atoms with Crippen molar-refractivity contribution in [3.8, 4) is 5.75 Å². The van der Waals surface area contributed by atoms with Crippen LogP contribution in [0.25, 0.3) is 0 Å². The summed E-state index contributed by atoms with van der Waals surface area (Å²) in [5, 5.41) is 0. The Balaban J connectivity index is 3.29. The van der Waals surface area contributed by atoms with Crippen LogP contribution in [0.1, 0.15) is 17.7 Å². The molecule has 0 saturated heterocycles. The van der Waals surface area contributed by atoms with Gasteiger partial charge in [-0.05, 0) is 6.07 Å². The number of aromatic nitrogens is 1. The predicted octanol–water partition coefficient (Wildman–Crippen LogP) is 1.93. The summed E-state index contributed by atoms with van der Waals surface area (Å²) in [4.78, 5) is 24.0. The van der Waals surface area contributed by atoms with Gasteiger partial charge < -0.3 is 14.5 Å². The zero-order valence-electron chi connectivity index (χ0n) is 9.88. The van der Waals surface area contributed by atoms with Crippen LogP contribution in [0.15, 0.2) is 10.9 Å². The lowest BCUT2D eigenvalue weighted by Crippen LogP contribution is -2.23. The fourth-order valence-corrected chi connectivity index (χ4v) is 1.29. The summed E-state index contributed by atoms with van der Waals surface area (Å²) in [6.07, 6.45) is -9.22. The molecule has 1 aromatic rings. The average molecular weight is 301 g/mol. The molecule has 112 valence electrons. The van der Waals surface area contributed by atoms with Crippen LogP contribution in [0.4, 0.5) is 22.0 Å². The van der Waals surface area contributed by atoms with E-state index in [0.29, 0.717) is 0 Å². The Morgan fingerprint density at radius 3 is 2.45 bits per heavy atom. The quantitative estimate of drug-likeness (QED) is 0.681. The third-order valence-corrected chi connectivity index (χ3v) is 2.12. The number of esters is 1. The predicted molar refractivity (Wildman–Crippen MR) is 54.4 cm³/mol. The number of hydrogen-bond acceptors (Lipinski definition) is 4. The molecule has 0 bridgehead atoms. The summed E-state index contributed by atoms with van der Waals surface area (Å²) in [5.74, 6) is -2.06. The van der Waals surface area contributed by atoms with Crippen LogP contribution in [0.2, 0.25) is 0 Å². The minimum atomic E-state index is -5.16. The first-order valence-corrected chi connectivity index (χ1v) is 5.01. The molecular formula is C10H8F5NO4. The highest BCUT2D eigenvalue weighted by Crippen LogP contribution is 2.28. The van der Waals surface area contributed by atoms with Crippen molar-refractivity contribution in [2.45, 2.75) is 19.2 Å². The van der Waals surface area contributed by atoms with Crippen molar-refractivity contribution >= 4 is 5.97 Å². The van der Waals surface area contributed by atoms with Gasteiger partial charge in [-0.1, -0.05) is 0 Å². The van der Waals surface area contributed by atoms with Crippen molar-refractivity contribution in [3.63, 3.8) is 0 Å². The maximum absolute atomic E-state index is 12.5. The molecule has 0 aliphatic rings. The minimum Gasteiger partial charge on any atom is -0.469 e. The highest BCUT2D eigenvalue weighted by atomic mass is 19.4. The third kappa shape index (κ3) is 4.21. The third-order valence-electron chi connectivity index (χ3n) is 2.12. The molecule has 20 heavy (non-hydrogen) atoms. The van der Waals surface area contributed by atoms with E-state index in [1.54, 1.807) is 4.98 Å². The number of alkyl halides is 5. The number of carbonyl (C=O) groups excluding carboxylic acids is 1. The van der Waals surface area contributed by atoms with E-state index in [4.69, 9.17) is 0 Å². The Bertz CT molecular complexity index is 552. The molecule has 0 aliphatic carbocycles. The molecule has 10 heteroatoms. The molecule has 0 radical (unpaired) electrons. The molecule has 0 aliphatic heterocycles. The highest BCUT2D eigenvalue weighted by Gasteiger charge is 2.33. The number of pyridine rings is 1. The Hall–Kier alpha value is -2.13. The van der Waals surface area contributed by atoms with Gasteiger partial charge in [0.05, 0.1) is 24.8 Å². The van der Waals surface area contributed by atoms with Gasteiger partial charge in [0, 0.05) is 0 Å². The number of hydrogen-bond donors (Lipinski definition) is 1. The molecule has 5 nitrogen and oxygen atoms in total. The Labute approximate surface area is 108 Å². The number of rotatable bonds is 4. The summed E-state index contributed by atoms with van der Waals surface area (Å²) in [5.41, 5.74) is -3.12. The van der Waals surface area contributed by atoms with E-state index in [1.165, 1.54) is 0 Å². The molecule has 1 rings (SSSR count). The largest absolute Gasteiger partial charge is 0.573 e. The SMILES string of the molecule is COC(=O)Cc1[nH]c(=O)c(C(F)F)cc1OC(F)(F)F. The van der Waals surface area contributed by atoms with E-state index in [0.717, 1.165) is 7.11 Å². The summed E-state index contributed by atoms with van der Waals surface area (Å²) in [7, 11) is 0.970. The first kappa shape index (κ1) is 15.9. The molecule has 0 unspecified atom stereocenters. The number of H-pyrrole nitrogens is 1. The number of methoxy groups -OCH3 is 1. The van der Waals surface area contributed by atoms with Crippen LogP contribution in [0.5, 0.6) is 5.75 Å². The molecule has 1 N–H and O–H groups in total. The highest BCUT2D eigenvalue weighted by molar-refractivity contribution is 5.72. The normalized spacial score (nSPS) is 11.6. The molecule has 0 spiro atoms. The summed E-state index contributed by atoms with van der Waals surface area (Å²) in [6.45, 7) is 0. The van der Waals surface area contributed by atoms with E-state index in [1.807, 2.05) is 0 Å². The van der Waals surface area contributed by atoms with Gasteiger partial charge in [0.15, 0.2) is 0 Å². The van der Waals surface area contributed by atoms with Gasteiger partial charge in [-0.25, -0.2) is 8.78 Å². The van der Waals surface area contributed by atoms with Crippen LogP contribution < -0.4 is 10.3 Å². The minimum absolute atomic E-state index is 0.245. The van der Waals surface area contributed by atoms with Gasteiger partial charge in [-0.3, -0.25) is 9.59 Å². The second-order valence-electron chi connectivity index (χ2n) is 3.50. The van der Waals surface area contributed by atoms with Crippen LogP contribution in [-0.2, 0) is 16.0 Å². The lowest BCUT2D eigenvalue weighted by molar-refractivity contribution is -0.275. The van der Waals surface area contributed by atoms with E-state index < -0.39 is 47.7 Å². The van der Waals surface area contributed by atoms with Crippen molar-refractivity contribution in [2.75, 3.05) is 7.11 Å². The Kier molecular flexibility index (Phi) is 4.69. The summed E-state index contributed by atoms with van der Waals surface area (Å²) >= 11 is 0. The Morgan fingerprint density at radius 1 is 1.40 bits per heavy atom. The monoisotopic (exact) mass is 301 g/mol. The molecule has 0 amide bonds. The maximum Gasteiger partial charge on any atom is 0.573 e. The molecular weight excluding hydrogens is 293 g/mol. The van der Waals surface area contributed by atoms with E-state index in [2.05, 4.69) is 9.47 Å². The smallest absolute Gasteiger partial charge is 0.469 e. The van der Waals surface area contributed by atoms with E-state index in [-0.39, 0.29) is 6.07 Å². The lowest BCUT2D eigenvalue weighted by atomic mass is 10.2. The molecule has 1 aromatic heterocycles. The van der Waals surface area contributed by atoms with Crippen molar-refractivity contribution < 1.29 is 36.2 Å². The first-order valence-electron chi connectivity index (χ1n) is 5.01. The van der Waals surface area contributed by atoms with Crippen LogP contribution >= 0.6 is 0 Å². The second kappa shape index (κ2) is 5.88. The second-order valence-corrected chi connectivity index (χ2v) is 3.50. The molecule has 0 atom stereocenters. The topological polar surface area (TPSA) is 68.4 Å². The van der Waals surface area contributed by atoms with Crippen LogP contribution in [0, 0.1) is 0 Å². The van der Waals surface area contributed by atoms with Gasteiger partial charge in [-0.15, -0.1) is 13.2 Å². The van der Waals surface area contributed by atoms with Gasteiger partial charge >= 0.3 is 12.3 Å². The van der Waals surface area contributed by atoms with Crippen molar-refractivity contribution in [3.05, 3.63) is 27.7 Å².